The van der Waals surface area contributed by atoms with E-state index in [0.29, 0.717) is 12.0 Å². The summed E-state index contributed by atoms with van der Waals surface area (Å²) in [6.07, 6.45) is 7.49. The summed E-state index contributed by atoms with van der Waals surface area (Å²) in [5.41, 5.74) is 2.18. The highest BCUT2D eigenvalue weighted by molar-refractivity contribution is 5.68. The van der Waals surface area contributed by atoms with Gasteiger partial charge in [-0.25, -0.2) is 4.39 Å². The fourth-order valence-corrected chi connectivity index (χ4v) is 2.58. The molecule has 0 amide bonds. The summed E-state index contributed by atoms with van der Waals surface area (Å²) in [5.74, 6) is 0.390. The highest BCUT2D eigenvalue weighted by atomic mass is 19.1. The zero-order valence-electron chi connectivity index (χ0n) is 8.41. The normalized spacial score (nSPS) is 29.0. The summed E-state index contributed by atoms with van der Waals surface area (Å²) in [4.78, 5) is 3.89. The van der Waals surface area contributed by atoms with Crippen LogP contribution in [0.25, 0.3) is 5.57 Å². The molecule has 15 heavy (non-hydrogen) atoms. The Morgan fingerprint density at radius 3 is 3.13 bits per heavy atom. The molecule has 1 aliphatic carbocycles. The Morgan fingerprint density at radius 1 is 1.40 bits per heavy atom. The van der Waals surface area contributed by atoms with Gasteiger partial charge in [-0.3, -0.25) is 4.98 Å². The minimum Gasteiger partial charge on any atom is -0.313 e. The second-order valence-electron chi connectivity index (χ2n) is 4.30. The average molecular weight is 204 g/mol. The van der Waals surface area contributed by atoms with Crippen molar-refractivity contribution in [3.8, 4) is 0 Å². The highest BCUT2D eigenvalue weighted by Crippen LogP contribution is 2.35. The summed E-state index contributed by atoms with van der Waals surface area (Å²) in [6.45, 7) is 1.11. The third-order valence-electron chi connectivity index (χ3n) is 3.33. The molecule has 0 saturated carbocycles. The Labute approximate surface area is 88.2 Å². The molecule has 1 aromatic heterocycles. The van der Waals surface area contributed by atoms with Gasteiger partial charge in [0, 0.05) is 12.2 Å². The quantitative estimate of drug-likeness (QED) is 0.756. The zero-order chi connectivity index (χ0) is 10.3. The number of halogens is 1. The van der Waals surface area contributed by atoms with Crippen molar-refractivity contribution in [2.45, 2.75) is 18.9 Å². The standard InChI is InChI=1S/C12H13FN2/c13-11-4-10(6-14-7-11)9-3-8-1-2-15-12(8)5-9/h3-4,6-8,12,15H,1-2,5H2/t8-,12+/m1/s1. The number of rotatable bonds is 1. The van der Waals surface area contributed by atoms with E-state index in [2.05, 4.69) is 16.4 Å². The lowest BCUT2D eigenvalue weighted by Crippen LogP contribution is -2.22. The third-order valence-corrected chi connectivity index (χ3v) is 3.33. The van der Waals surface area contributed by atoms with E-state index in [0.717, 1.165) is 18.5 Å². The van der Waals surface area contributed by atoms with Crippen LogP contribution in [-0.2, 0) is 0 Å². The van der Waals surface area contributed by atoms with Gasteiger partial charge in [-0.15, -0.1) is 0 Å². The van der Waals surface area contributed by atoms with Gasteiger partial charge >= 0.3 is 0 Å². The molecule has 0 unspecified atom stereocenters. The van der Waals surface area contributed by atoms with Crippen molar-refractivity contribution < 1.29 is 4.39 Å². The third kappa shape index (κ3) is 1.57. The molecule has 0 radical (unpaired) electrons. The van der Waals surface area contributed by atoms with Crippen LogP contribution in [0, 0.1) is 11.7 Å². The van der Waals surface area contributed by atoms with E-state index in [4.69, 9.17) is 0 Å². The van der Waals surface area contributed by atoms with Crippen molar-refractivity contribution in [3.05, 3.63) is 35.9 Å². The van der Waals surface area contributed by atoms with Gasteiger partial charge in [0.1, 0.15) is 5.82 Å². The number of hydrogen-bond donors (Lipinski definition) is 1. The van der Waals surface area contributed by atoms with Crippen LogP contribution in [-0.4, -0.2) is 17.6 Å². The number of nitrogens with zero attached hydrogens (tertiary/aromatic N) is 1. The number of nitrogens with one attached hydrogen (secondary N) is 1. The lowest BCUT2D eigenvalue weighted by molar-refractivity contribution is 0.562. The van der Waals surface area contributed by atoms with Crippen molar-refractivity contribution in [1.82, 2.24) is 10.3 Å². The second kappa shape index (κ2) is 3.42. The number of pyridine rings is 1. The number of aromatic nitrogens is 1. The molecule has 0 aromatic carbocycles. The molecule has 1 fully saturated rings. The summed E-state index contributed by atoms with van der Waals surface area (Å²) >= 11 is 0. The maximum atomic E-state index is 13.0. The van der Waals surface area contributed by atoms with E-state index in [1.54, 1.807) is 12.3 Å². The number of hydrogen-bond acceptors (Lipinski definition) is 2. The zero-order valence-corrected chi connectivity index (χ0v) is 8.41. The smallest absolute Gasteiger partial charge is 0.142 e. The van der Waals surface area contributed by atoms with Crippen LogP contribution in [0.2, 0.25) is 0 Å². The topological polar surface area (TPSA) is 24.9 Å². The van der Waals surface area contributed by atoms with Gasteiger partial charge in [0.25, 0.3) is 0 Å². The first kappa shape index (κ1) is 9.04. The van der Waals surface area contributed by atoms with E-state index in [9.17, 15) is 4.39 Å². The van der Waals surface area contributed by atoms with Crippen LogP contribution in [0.1, 0.15) is 18.4 Å². The van der Waals surface area contributed by atoms with Crippen molar-refractivity contribution in [3.63, 3.8) is 0 Å². The van der Waals surface area contributed by atoms with Gasteiger partial charge in [0.2, 0.25) is 0 Å². The Morgan fingerprint density at radius 2 is 2.33 bits per heavy atom. The van der Waals surface area contributed by atoms with E-state index in [1.807, 2.05) is 0 Å². The van der Waals surface area contributed by atoms with Crippen molar-refractivity contribution in [2.75, 3.05) is 6.54 Å². The molecular weight excluding hydrogens is 191 g/mol. The molecule has 1 aromatic rings. The predicted molar refractivity (Wildman–Crippen MR) is 56.7 cm³/mol. The van der Waals surface area contributed by atoms with Crippen molar-refractivity contribution in [1.29, 1.82) is 0 Å². The molecule has 2 aliphatic rings. The Hall–Kier alpha value is -1.22. The minimum atomic E-state index is -0.251. The monoisotopic (exact) mass is 204 g/mol. The maximum Gasteiger partial charge on any atom is 0.142 e. The van der Waals surface area contributed by atoms with Crippen LogP contribution < -0.4 is 5.32 Å². The molecule has 3 rings (SSSR count). The molecule has 0 spiro atoms. The van der Waals surface area contributed by atoms with E-state index in [-0.39, 0.29) is 5.82 Å². The molecule has 2 nitrogen and oxygen atoms in total. The Balaban J connectivity index is 1.90. The van der Waals surface area contributed by atoms with Gasteiger partial charge < -0.3 is 5.32 Å². The average Bonchev–Trinajstić information content (AvgIpc) is 2.76. The fourth-order valence-electron chi connectivity index (χ4n) is 2.58. The molecule has 1 saturated heterocycles. The molecule has 1 N–H and O–H groups in total. The molecule has 2 heterocycles. The lowest BCUT2D eigenvalue weighted by Gasteiger charge is -2.08. The molecule has 0 bridgehead atoms. The first-order valence-electron chi connectivity index (χ1n) is 5.38. The molecule has 2 atom stereocenters. The Bertz CT molecular complexity index is 414. The first-order chi connectivity index (χ1) is 7.33. The van der Waals surface area contributed by atoms with Gasteiger partial charge in [-0.2, -0.15) is 0 Å². The molecule has 78 valence electrons. The van der Waals surface area contributed by atoms with Gasteiger partial charge in [-0.05, 0) is 42.5 Å². The van der Waals surface area contributed by atoms with E-state index < -0.39 is 0 Å². The SMILES string of the molecule is Fc1cncc(C2=C[C@H]3CCN[C@H]3C2)c1. The summed E-state index contributed by atoms with van der Waals surface area (Å²) in [5, 5.41) is 3.47. The van der Waals surface area contributed by atoms with Crippen LogP contribution in [0.5, 0.6) is 0 Å². The fraction of sp³-hybridized carbons (Fsp3) is 0.417. The van der Waals surface area contributed by atoms with E-state index >= 15 is 0 Å². The van der Waals surface area contributed by atoms with E-state index in [1.165, 1.54) is 18.2 Å². The summed E-state index contributed by atoms with van der Waals surface area (Å²) in [7, 11) is 0. The van der Waals surface area contributed by atoms with Gasteiger partial charge in [0.05, 0.1) is 6.20 Å². The number of fused-ring (bicyclic) bond motifs is 1. The molecule has 1 aliphatic heterocycles. The van der Waals surface area contributed by atoms with Crippen molar-refractivity contribution in [2.24, 2.45) is 5.92 Å². The van der Waals surface area contributed by atoms with Crippen molar-refractivity contribution >= 4 is 5.57 Å². The van der Waals surface area contributed by atoms with Gasteiger partial charge in [0.15, 0.2) is 0 Å². The first-order valence-corrected chi connectivity index (χ1v) is 5.38. The summed E-state index contributed by atoms with van der Waals surface area (Å²) in [6, 6.07) is 2.14. The molecule has 3 heteroatoms. The van der Waals surface area contributed by atoms with Crippen LogP contribution >= 0.6 is 0 Å². The largest absolute Gasteiger partial charge is 0.313 e. The van der Waals surface area contributed by atoms with Crippen LogP contribution in [0.15, 0.2) is 24.5 Å². The van der Waals surface area contributed by atoms with Crippen LogP contribution in [0.4, 0.5) is 4.39 Å². The predicted octanol–water partition coefficient (Wildman–Crippen LogP) is 1.99. The molecular formula is C12H13FN2. The minimum absolute atomic E-state index is 0.251. The lowest BCUT2D eigenvalue weighted by atomic mass is 10.1. The highest BCUT2D eigenvalue weighted by Gasteiger charge is 2.31. The summed E-state index contributed by atoms with van der Waals surface area (Å²) < 4.78 is 13.0. The Kier molecular flexibility index (Phi) is 2.06. The van der Waals surface area contributed by atoms with Gasteiger partial charge in [-0.1, -0.05) is 6.08 Å². The second-order valence-corrected chi connectivity index (χ2v) is 4.30. The van der Waals surface area contributed by atoms with Crippen LogP contribution in [0.3, 0.4) is 0 Å². The maximum absolute atomic E-state index is 13.0.